The van der Waals surface area contributed by atoms with Crippen LogP contribution in [0, 0.1) is 0 Å². The average Bonchev–Trinajstić information content (AvgIpc) is 2.33. The fraction of sp³-hybridized carbons (Fsp3) is 0. The highest BCUT2D eigenvalue weighted by atomic mass is 28.3. The second kappa shape index (κ2) is 2.64. The molecule has 0 aliphatic carbocycles. The predicted molar refractivity (Wildman–Crippen MR) is 44.8 cm³/mol. The molecule has 0 bridgehead atoms. The summed E-state index contributed by atoms with van der Waals surface area (Å²) in [6, 6.07) is 0. The maximum atomic E-state index is 3.76. The predicted octanol–water partition coefficient (Wildman–Crippen LogP) is 1.70. The second-order valence-corrected chi connectivity index (χ2v) is 4.59. The molecule has 0 aromatic carbocycles. The zero-order valence-corrected chi connectivity index (χ0v) is 6.53. The lowest BCUT2D eigenvalue weighted by Crippen LogP contribution is -2.04. The minimum atomic E-state index is -0.849. The van der Waals surface area contributed by atoms with E-state index in [9.17, 15) is 0 Å². The van der Waals surface area contributed by atoms with Crippen LogP contribution in [0.3, 0.4) is 0 Å². The third kappa shape index (κ3) is 1.11. The summed E-state index contributed by atoms with van der Waals surface area (Å²) in [5.41, 5.74) is 4.29. The average molecular weight is 134 g/mol. The molecular weight excluding hydrogens is 124 g/mol. The maximum Gasteiger partial charge on any atom is 0.117 e. The van der Waals surface area contributed by atoms with E-state index in [2.05, 4.69) is 36.7 Å². The van der Waals surface area contributed by atoms with Crippen molar-refractivity contribution in [3.63, 3.8) is 0 Å². The largest absolute Gasteiger partial charge is 0.117 e. The fourth-order valence-electron chi connectivity index (χ4n) is 0.927. The molecule has 46 valence electrons. The van der Waals surface area contributed by atoms with Gasteiger partial charge in [0.2, 0.25) is 0 Å². The van der Waals surface area contributed by atoms with Crippen molar-refractivity contribution in [1.29, 1.82) is 0 Å². The van der Waals surface area contributed by atoms with Gasteiger partial charge in [-0.3, -0.25) is 0 Å². The Morgan fingerprint density at radius 2 is 2.22 bits per heavy atom. The number of hydrogen-bond acceptors (Lipinski definition) is 0. The first-order valence-electron chi connectivity index (χ1n) is 3.02. The minimum absolute atomic E-state index is 0.849. The second-order valence-electron chi connectivity index (χ2n) is 2.02. The van der Waals surface area contributed by atoms with E-state index in [1.165, 1.54) is 5.20 Å². The van der Waals surface area contributed by atoms with Gasteiger partial charge in [-0.15, -0.1) is 6.58 Å². The molecule has 0 aromatic heterocycles. The van der Waals surface area contributed by atoms with Gasteiger partial charge in [-0.05, 0) is 0 Å². The summed E-state index contributed by atoms with van der Waals surface area (Å²) >= 11 is 0. The normalized spacial score (nSPS) is 23.6. The zero-order chi connectivity index (χ0) is 6.69. The third-order valence-electron chi connectivity index (χ3n) is 1.48. The molecule has 1 unspecified atom stereocenters. The Hall–Kier alpha value is -0.823. The molecule has 1 heteroatoms. The van der Waals surface area contributed by atoms with Crippen LogP contribution >= 0.6 is 0 Å². The summed E-state index contributed by atoms with van der Waals surface area (Å²) in [5.74, 6) is 0. The molecule has 0 saturated carbocycles. The van der Waals surface area contributed by atoms with Gasteiger partial charge in [-0.1, -0.05) is 41.4 Å². The lowest BCUT2D eigenvalue weighted by molar-refractivity contribution is 1.91. The highest BCUT2D eigenvalue weighted by molar-refractivity contribution is 6.77. The molecule has 0 amide bonds. The van der Waals surface area contributed by atoms with Gasteiger partial charge in [0.05, 0.1) is 0 Å². The Bertz CT molecular complexity index is 187. The summed E-state index contributed by atoms with van der Waals surface area (Å²) in [7, 11) is -0.849. The highest BCUT2D eigenvalue weighted by Crippen LogP contribution is 2.10. The quantitative estimate of drug-likeness (QED) is 0.504. The zero-order valence-electron chi connectivity index (χ0n) is 5.38. The first-order chi connectivity index (χ1) is 4.38. The minimum Gasteiger partial charge on any atom is -0.107 e. The van der Waals surface area contributed by atoms with E-state index in [-0.39, 0.29) is 0 Å². The Labute approximate surface area is 57.5 Å². The van der Waals surface area contributed by atoms with E-state index >= 15 is 0 Å². The summed E-state index contributed by atoms with van der Waals surface area (Å²) in [4.78, 5) is 0. The molecule has 1 rings (SSSR count). The van der Waals surface area contributed by atoms with Gasteiger partial charge in [0.1, 0.15) is 8.80 Å². The van der Waals surface area contributed by atoms with E-state index in [1.807, 2.05) is 6.08 Å². The molecule has 1 aliphatic rings. The molecule has 0 saturated heterocycles. The van der Waals surface area contributed by atoms with Gasteiger partial charge in [-0.25, -0.2) is 0 Å². The molecule has 0 spiro atoms. The Balaban J connectivity index is 2.76. The summed E-state index contributed by atoms with van der Waals surface area (Å²) in [5, 5.41) is 1.38. The monoisotopic (exact) mass is 134 g/mol. The van der Waals surface area contributed by atoms with Gasteiger partial charge < -0.3 is 0 Å². The van der Waals surface area contributed by atoms with Gasteiger partial charge in [-0.2, -0.15) is 0 Å². The van der Waals surface area contributed by atoms with Crippen LogP contribution in [0.5, 0.6) is 0 Å². The van der Waals surface area contributed by atoms with Crippen LogP contribution in [0.4, 0.5) is 0 Å². The van der Waals surface area contributed by atoms with Crippen molar-refractivity contribution >= 4 is 8.80 Å². The Kier molecular flexibility index (Phi) is 1.85. The molecule has 0 N–H and O–H groups in total. The molecule has 9 heavy (non-hydrogen) atoms. The SMILES string of the molecule is C=CC1=CC=C[SiH]1C=C. The van der Waals surface area contributed by atoms with Crippen LogP contribution < -0.4 is 0 Å². The molecule has 0 aromatic rings. The van der Waals surface area contributed by atoms with E-state index in [0.717, 1.165) is 0 Å². The molecule has 0 radical (unpaired) electrons. The van der Waals surface area contributed by atoms with Gasteiger partial charge in [0.25, 0.3) is 0 Å². The van der Waals surface area contributed by atoms with Crippen LogP contribution in [-0.4, -0.2) is 8.80 Å². The van der Waals surface area contributed by atoms with Gasteiger partial charge in [0.15, 0.2) is 0 Å². The van der Waals surface area contributed by atoms with Crippen molar-refractivity contribution in [3.05, 3.63) is 48.0 Å². The van der Waals surface area contributed by atoms with Crippen molar-refractivity contribution in [1.82, 2.24) is 0 Å². The Morgan fingerprint density at radius 3 is 2.67 bits per heavy atom. The van der Waals surface area contributed by atoms with Crippen molar-refractivity contribution < 1.29 is 0 Å². The lowest BCUT2D eigenvalue weighted by Gasteiger charge is -1.98. The molecule has 1 heterocycles. The van der Waals surface area contributed by atoms with Crippen LogP contribution in [-0.2, 0) is 0 Å². The number of rotatable bonds is 2. The molecule has 0 fully saturated rings. The first kappa shape index (κ1) is 6.30. The summed E-state index contributed by atoms with van der Waals surface area (Å²) < 4.78 is 0. The van der Waals surface area contributed by atoms with Gasteiger partial charge >= 0.3 is 0 Å². The molecule has 1 aliphatic heterocycles. The van der Waals surface area contributed by atoms with Gasteiger partial charge in [0, 0.05) is 0 Å². The van der Waals surface area contributed by atoms with Crippen molar-refractivity contribution in [3.8, 4) is 0 Å². The summed E-state index contributed by atoms with van der Waals surface area (Å²) in [6.07, 6.45) is 6.14. The highest BCUT2D eigenvalue weighted by Gasteiger charge is 2.07. The van der Waals surface area contributed by atoms with Crippen LogP contribution in [0.2, 0.25) is 0 Å². The third-order valence-corrected chi connectivity index (χ3v) is 3.82. The standard InChI is InChI=1S/C8H10Si/c1-3-8-6-5-7-9(8)4-2/h3-7,9H,1-2H2. The van der Waals surface area contributed by atoms with E-state index in [0.29, 0.717) is 0 Å². The van der Waals surface area contributed by atoms with Crippen LogP contribution in [0.15, 0.2) is 48.0 Å². The maximum absolute atomic E-state index is 3.76. The Morgan fingerprint density at radius 1 is 1.44 bits per heavy atom. The fourth-order valence-corrected chi connectivity index (χ4v) is 2.53. The first-order valence-corrected chi connectivity index (χ1v) is 4.93. The number of hydrogen-bond donors (Lipinski definition) is 0. The van der Waals surface area contributed by atoms with Crippen LogP contribution in [0.1, 0.15) is 0 Å². The number of allylic oxidation sites excluding steroid dienone is 4. The van der Waals surface area contributed by atoms with E-state index in [4.69, 9.17) is 0 Å². The molecule has 0 nitrogen and oxygen atoms in total. The smallest absolute Gasteiger partial charge is 0.107 e. The summed E-state index contributed by atoms with van der Waals surface area (Å²) in [6.45, 7) is 7.48. The topological polar surface area (TPSA) is 0 Å². The van der Waals surface area contributed by atoms with E-state index < -0.39 is 8.80 Å². The van der Waals surface area contributed by atoms with Crippen molar-refractivity contribution in [2.24, 2.45) is 0 Å². The van der Waals surface area contributed by atoms with Crippen molar-refractivity contribution in [2.75, 3.05) is 0 Å². The van der Waals surface area contributed by atoms with Crippen molar-refractivity contribution in [2.45, 2.75) is 0 Å². The van der Waals surface area contributed by atoms with E-state index in [1.54, 1.807) is 0 Å². The van der Waals surface area contributed by atoms with Crippen LogP contribution in [0.25, 0.3) is 0 Å². The molecular formula is C8H10Si. The lowest BCUT2D eigenvalue weighted by atomic mass is 10.5. The molecule has 1 atom stereocenters.